The molecule has 0 radical (unpaired) electrons. The molecular formula is C10H15N5O3S. The van der Waals surface area contributed by atoms with Gasteiger partial charge in [-0.3, -0.25) is 4.68 Å². The Morgan fingerprint density at radius 3 is 2.89 bits per heavy atom. The highest BCUT2D eigenvalue weighted by Crippen LogP contribution is 2.11. The number of nitrogens with one attached hydrogen (secondary N) is 1. The van der Waals surface area contributed by atoms with Crippen molar-refractivity contribution in [2.24, 2.45) is 5.14 Å². The molecule has 0 aliphatic carbocycles. The summed E-state index contributed by atoms with van der Waals surface area (Å²) < 4.78 is 28.8. The Bertz CT molecular complexity index is 605. The fourth-order valence-corrected chi connectivity index (χ4v) is 2.02. The van der Waals surface area contributed by atoms with E-state index in [2.05, 4.69) is 15.6 Å². The largest absolute Gasteiger partial charge is 0.447 e. The van der Waals surface area contributed by atoms with Gasteiger partial charge < -0.3 is 9.73 Å². The summed E-state index contributed by atoms with van der Waals surface area (Å²) in [6, 6.07) is 2.94. The van der Waals surface area contributed by atoms with Crippen LogP contribution in [0.3, 0.4) is 0 Å². The third-order valence-electron chi connectivity index (χ3n) is 2.43. The molecule has 0 aliphatic heterocycles. The van der Waals surface area contributed by atoms with Gasteiger partial charge in [0.25, 0.3) is 10.0 Å². The molecule has 0 spiro atoms. The number of nitrogens with zero attached hydrogens (tertiary/aromatic N) is 3. The van der Waals surface area contributed by atoms with Crippen LogP contribution in [0.2, 0.25) is 0 Å². The number of hydrogen-bond donors (Lipinski definition) is 2. The topological polar surface area (TPSA) is 116 Å². The lowest BCUT2D eigenvalue weighted by Crippen LogP contribution is -2.16. The summed E-state index contributed by atoms with van der Waals surface area (Å²) in [6.07, 6.45) is 4.31. The lowest BCUT2D eigenvalue weighted by atomic mass is 10.4. The Morgan fingerprint density at radius 1 is 1.42 bits per heavy atom. The van der Waals surface area contributed by atoms with Crippen molar-refractivity contribution in [3.05, 3.63) is 30.3 Å². The molecule has 104 valence electrons. The molecule has 9 heteroatoms. The Balaban J connectivity index is 1.70. The molecule has 0 aromatic carbocycles. The summed E-state index contributed by atoms with van der Waals surface area (Å²) >= 11 is 0. The summed E-state index contributed by atoms with van der Waals surface area (Å²) in [7, 11) is -3.76. The van der Waals surface area contributed by atoms with E-state index in [1.807, 2.05) is 0 Å². The van der Waals surface area contributed by atoms with Gasteiger partial charge in [0.05, 0.1) is 12.7 Å². The molecule has 0 atom stereocenters. The third kappa shape index (κ3) is 4.16. The standard InChI is InChI=1S/C10H15N5O3S/c11-19(16,17)10-3-2-9(18-10)8-12-4-1-6-15-7-5-13-14-15/h2-3,5,7,12H,1,4,6,8H2,(H2,11,16,17). The fraction of sp³-hybridized carbons (Fsp3) is 0.400. The summed E-state index contributed by atoms with van der Waals surface area (Å²) in [5.74, 6) is 0.532. The lowest BCUT2D eigenvalue weighted by Gasteiger charge is -2.02. The van der Waals surface area contributed by atoms with Crippen LogP contribution in [0, 0.1) is 0 Å². The summed E-state index contributed by atoms with van der Waals surface area (Å²) in [5, 5.41) is 15.4. The smallest absolute Gasteiger partial charge is 0.271 e. The zero-order chi connectivity index (χ0) is 13.7. The van der Waals surface area contributed by atoms with Crippen molar-refractivity contribution < 1.29 is 12.8 Å². The summed E-state index contributed by atoms with van der Waals surface area (Å²) in [4.78, 5) is 0. The van der Waals surface area contributed by atoms with E-state index in [0.717, 1.165) is 19.5 Å². The number of aromatic nitrogens is 3. The van der Waals surface area contributed by atoms with Crippen LogP contribution in [0.15, 0.2) is 34.0 Å². The Hall–Kier alpha value is -1.71. The molecule has 0 saturated heterocycles. The molecule has 0 saturated carbocycles. The maximum Gasteiger partial charge on any atom is 0.271 e. The normalized spacial score (nSPS) is 11.8. The van der Waals surface area contributed by atoms with Gasteiger partial charge in [-0.25, -0.2) is 13.6 Å². The molecule has 8 nitrogen and oxygen atoms in total. The first-order valence-electron chi connectivity index (χ1n) is 5.72. The van der Waals surface area contributed by atoms with Gasteiger partial charge in [0, 0.05) is 12.7 Å². The van der Waals surface area contributed by atoms with Crippen molar-refractivity contribution in [1.29, 1.82) is 0 Å². The Morgan fingerprint density at radius 2 is 2.26 bits per heavy atom. The van der Waals surface area contributed by atoms with Crippen molar-refractivity contribution in [1.82, 2.24) is 20.3 Å². The van der Waals surface area contributed by atoms with Crippen molar-refractivity contribution in [2.75, 3.05) is 6.54 Å². The predicted molar refractivity (Wildman–Crippen MR) is 66.4 cm³/mol. The van der Waals surface area contributed by atoms with Crippen LogP contribution in [-0.4, -0.2) is 30.0 Å². The van der Waals surface area contributed by atoms with Crippen LogP contribution in [0.5, 0.6) is 0 Å². The number of aryl methyl sites for hydroxylation is 1. The highest BCUT2D eigenvalue weighted by molar-refractivity contribution is 7.89. The molecule has 2 rings (SSSR count). The van der Waals surface area contributed by atoms with Crippen LogP contribution in [0.1, 0.15) is 12.2 Å². The van der Waals surface area contributed by atoms with E-state index in [1.165, 1.54) is 6.07 Å². The second-order valence-electron chi connectivity index (χ2n) is 3.96. The number of sulfonamides is 1. The quantitative estimate of drug-likeness (QED) is 0.675. The molecule has 0 amide bonds. The third-order valence-corrected chi connectivity index (χ3v) is 3.21. The average molecular weight is 285 g/mol. The van der Waals surface area contributed by atoms with Gasteiger partial charge in [-0.1, -0.05) is 5.21 Å². The first kappa shape index (κ1) is 13.7. The maximum atomic E-state index is 11.0. The number of primary sulfonamides is 1. The van der Waals surface area contributed by atoms with E-state index in [1.54, 1.807) is 23.1 Å². The van der Waals surface area contributed by atoms with E-state index in [4.69, 9.17) is 9.56 Å². The SMILES string of the molecule is NS(=O)(=O)c1ccc(CNCCCn2ccnn2)o1. The van der Waals surface area contributed by atoms with Crippen molar-refractivity contribution in [3.8, 4) is 0 Å². The van der Waals surface area contributed by atoms with E-state index in [9.17, 15) is 8.42 Å². The molecule has 0 fully saturated rings. The molecule has 0 aliphatic rings. The zero-order valence-corrected chi connectivity index (χ0v) is 11.0. The van der Waals surface area contributed by atoms with Crippen LogP contribution >= 0.6 is 0 Å². The number of furan rings is 1. The Labute approximate surface area is 110 Å². The number of nitrogens with two attached hydrogens (primary N) is 1. The lowest BCUT2D eigenvalue weighted by molar-refractivity contribution is 0.400. The zero-order valence-electron chi connectivity index (χ0n) is 10.2. The number of rotatable bonds is 7. The molecule has 19 heavy (non-hydrogen) atoms. The van der Waals surface area contributed by atoms with Gasteiger partial charge in [-0.2, -0.15) is 0 Å². The van der Waals surface area contributed by atoms with Crippen molar-refractivity contribution in [3.63, 3.8) is 0 Å². The maximum absolute atomic E-state index is 11.0. The monoisotopic (exact) mass is 285 g/mol. The van der Waals surface area contributed by atoms with E-state index >= 15 is 0 Å². The fourth-order valence-electron chi connectivity index (χ4n) is 1.54. The number of hydrogen-bond acceptors (Lipinski definition) is 6. The molecule has 0 unspecified atom stereocenters. The van der Waals surface area contributed by atoms with Gasteiger partial charge in [-0.05, 0) is 25.1 Å². The van der Waals surface area contributed by atoms with Crippen LogP contribution < -0.4 is 10.5 Å². The highest BCUT2D eigenvalue weighted by Gasteiger charge is 2.12. The van der Waals surface area contributed by atoms with Gasteiger partial charge >= 0.3 is 0 Å². The molecule has 2 aromatic heterocycles. The Kier molecular flexibility index (Phi) is 4.30. The summed E-state index contributed by atoms with van der Waals surface area (Å²) in [5.41, 5.74) is 0. The minimum atomic E-state index is -3.76. The first-order valence-corrected chi connectivity index (χ1v) is 7.27. The minimum Gasteiger partial charge on any atom is -0.447 e. The first-order chi connectivity index (χ1) is 9.05. The van der Waals surface area contributed by atoms with E-state index < -0.39 is 10.0 Å². The van der Waals surface area contributed by atoms with Gasteiger partial charge in [0.1, 0.15) is 5.76 Å². The van der Waals surface area contributed by atoms with Gasteiger partial charge in [-0.15, -0.1) is 5.10 Å². The molecular weight excluding hydrogens is 270 g/mol. The van der Waals surface area contributed by atoms with Crippen LogP contribution in [0.25, 0.3) is 0 Å². The predicted octanol–water partition coefficient (Wildman–Crippen LogP) is -0.302. The second kappa shape index (κ2) is 5.95. The molecule has 2 heterocycles. The molecule has 3 N–H and O–H groups in total. The molecule has 2 aromatic rings. The van der Waals surface area contributed by atoms with Crippen LogP contribution in [-0.2, 0) is 23.1 Å². The summed E-state index contributed by atoms with van der Waals surface area (Å²) in [6.45, 7) is 1.98. The van der Waals surface area contributed by atoms with Gasteiger partial charge in [0.15, 0.2) is 0 Å². The van der Waals surface area contributed by atoms with Crippen molar-refractivity contribution in [2.45, 2.75) is 24.6 Å². The average Bonchev–Trinajstić information content (AvgIpc) is 2.97. The minimum absolute atomic E-state index is 0.216. The second-order valence-corrected chi connectivity index (χ2v) is 5.45. The van der Waals surface area contributed by atoms with Gasteiger partial charge in [0.2, 0.25) is 5.09 Å². The van der Waals surface area contributed by atoms with Crippen molar-refractivity contribution >= 4 is 10.0 Å². The van der Waals surface area contributed by atoms with Crippen LogP contribution in [0.4, 0.5) is 0 Å². The highest BCUT2D eigenvalue weighted by atomic mass is 32.2. The van der Waals surface area contributed by atoms with E-state index in [0.29, 0.717) is 12.3 Å². The molecule has 0 bridgehead atoms. The van der Waals surface area contributed by atoms with E-state index in [-0.39, 0.29) is 5.09 Å².